The molecule has 0 aliphatic heterocycles. The van der Waals surface area contributed by atoms with E-state index in [9.17, 15) is 14.7 Å². The highest BCUT2D eigenvalue weighted by atomic mass is 16.6. The highest BCUT2D eigenvalue weighted by molar-refractivity contribution is 5.70. The van der Waals surface area contributed by atoms with E-state index in [1.54, 1.807) is 0 Å². The Bertz CT molecular complexity index is 1220. The Morgan fingerprint density at radius 2 is 0.541 bits per heavy atom. The molecule has 1 unspecified atom stereocenters. The van der Waals surface area contributed by atoms with Crippen molar-refractivity contribution in [3.05, 3.63) is 48.6 Å². The lowest BCUT2D eigenvalue weighted by Crippen LogP contribution is -2.28. The molecule has 0 aliphatic rings. The number of ether oxygens (including phenoxy) is 2. The second kappa shape index (κ2) is 65.1. The van der Waals surface area contributed by atoms with Crippen molar-refractivity contribution in [3.63, 3.8) is 0 Å². The van der Waals surface area contributed by atoms with Crippen LogP contribution < -0.4 is 0 Å². The lowest BCUT2D eigenvalue weighted by atomic mass is 10.0. The number of hydrogen-bond acceptors (Lipinski definition) is 5. The van der Waals surface area contributed by atoms with E-state index < -0.39 is 6.10 Å². The van der Waals surface area contributed by atoms with Crippen molar-refractivity contribution < 1.29 is 24.2 Å². The minimum atomic E-state index is -0.772. The van der Waals surface area contributed by atoms with Gasteiger partial charge in [0.1, 0.15) is 6.61 Å². The SMILES string of the molecule is CCCCCCC/C=C\C/C=C\C/C=C\CCCCCCCCCCCCCCCCC(=O)OC(CO)COC(=O)CCCCCCCCCCCCCCCCCCCCC/C=C\CCCCCCCCCC. The van der Waals surface area contributed by atoms with Crippen LogP contribution in [0, 0.1) is 0 Å². The Balaban J connectivity index is 3.42. The molecule has 74 heavy (non-hydrogen) atoms. The summed E-state index contributed by atoms with van der Waals surface area (Å²) in [6.45, 7) is 4.18. The van der Waals surface area contributed by atoms with E-state index in [4.69, 9.17) is 9.47 Å². The average molecular weight is 1040 g/mol. The third-order valence-corrected chi connectivity index (χ3v) is 15.1. The van der Waals surface area contributed by atoms with Gasteiger partial charge in [-0.05, 0) is 77.0 Å². The van der Waals surface area contributed by atoms with Crippen molar-refractivity contribution in [3.8, 4) is 0 Å². The van der Waals surface area contributed by atoms with Crippen molar-refractivity contribution in [2.24, 2.45) is 0 Å². The fourth-order valence-corrected chi connectivity index (χ4v) is 10.1. The van der Waals surface area contributed by atoms with Gasteiger partial charge in [-0.15, -0.1) is 0 Å². The Morgan fingerprint density at radius 1 is 0.311 bits per heavy atom. The third kappa shape index (κ3) is 62.4. The number of carbonyl (C=O) groups excluding carboxylic acids is 2. The molecule has 0 amide bonds. The normalized spacial score (nSPS) is 12.4. The van der Waals surface area contributed by atoms with Crippen molar-refractivity contribution in [2.75, 3.05) is 13.2 Å². The summed E-state index contributed by atoms with van der Waals surface area (Å²) < 4.78 is 10.8. The first-order chi connectivity index (χ1) is 36.6. The van der Waals surface area contributed by atoms with Crippen LogP contribution in [0.3, 0.4) is 0 Å². The van der Waals surface area contributed by atoms with Crippen LogP contribution >= 0.6 is 0 Å². The predicted molar refractivity (Wildman–Crippen MR) is 325 cm³/mol. The molecule has 0 fully saturated rings. The largest absolute Gasteiger partial charge is 0.462 e. The summed E-state index contributed by atoms with van der Waals surface area (Å²) in [6, 6.07) is 0. The molecule has 1 N–H and O–H groups in total. The molecule has 0 aliphatic carbocycles. The van der Waals surface area contributed by atoms with Crippen LogP contribution in [0.2, 0.25) is 0 Å². The summed E-state index contributed by atoms with van der Waals surface area (Å²) in [5.74, 6) is -0.572. The topological polar surface area (TPSA) is 72.8 Å². The van der Waals surface area contributed by atoms with Gasteiger partial charge < -0.3 is 14.6 Å². The van der Waals surface area contributed by atoms with Gasteiger partial charge in [-0.3, -0.25) is 9.59 Å². The van der Waals surface area contributed by atoms with Crippen molar-refractivity contribution in [2.45, 2.75) is 367 Å². The van der Waals surface area contributed by atoms with Crippen molar-refractivity contribution >= 4 is 11.9 Å². The summed E-state index contributed by atoms with van der Waals surface area (Å²) in [5, 5.41) is 9.69. The van der Waals surface area contributed by atoms with Gasteiger partial charge in [-0.2, -0.15) is 0 Å². The summed E-state index contributed by atoms with van der Waals surface area (Å²) in [7, 11) is 0. The second-order valence-corrected chi connectivity index (χ2v) is 22.5. The number of carbonyl (C=O) groups is 2. The van der Waals surface area contributed by atoms with E-state index in [1.807, 2.05) is 0 Å². The summed E-state index contributed by atoms with van der Waals surface area (Å²) in [5.41, 5.74) is 0. The molecule has 5 heteroatoms. The molecule has 0 rings (SSSR count). The molecule has 434 valence electrons. The Hall–Kier alpha value is -2.14. The smallest absolute Gasteiger partial charge is 0.306 e. The number of unbranched alkanes of at least 4 members (excludes halogenated alkanes) is 46. The van der Waals surface area contributed by atoms with Gasteiger partial charge in [0.2, 0.25) is 0 Å². The average Bonchev–Trinajstić information content (AvgIpc) is 3.40. The Kier molecular flexibility index (Phi) is 63.3. The van der Waals surface area contributed by atoms with Gasteiger partial charge in [0.15, 0.2) is 6.10 Å². The van der Waals surface area contributed by atoms with Crippen LogP contribution in [0.25, 0.3) is 0 Å². The number of hydrogen-bond donors (Lipinski definition) is 1. The molecule has 0 radical (unpaired) electrons. The summed E-state index contributed by atoms with van der Waals surface area (Å²) in [4.78, 5) is 24.6. The molecular weight excluding hydrogens is 909 g/mol. The molecule has 0 bridgehead atoms. The van der Waals surface area contributed by atoms with Gasteiger partial charge in [-0.25, -0.2) is 0 Å². The lowest BCUT2D eigenvalue weighted by molar-refractivity contribution is -0.161. The first-order valence-corrected chi connectivity index (χ1v) is 33.2. The minimum absolute atomic E-state index is 0.0620. The van der Waals surface area contributed by atoms with Crippen LogP contribution in [0.1, 0.15) is 361 Å². The molecule has 0 aromatic carbocycles. The van der Waals surface area contributed by atoms with E-state index >= 15 is 0 Å². The zero-order valence-electron chi connectivity index (χ0n) is 49.9. The minimum Gasteiger partial charge on any atom is -0.462 e. The van der Waals surface area contributed by atoms with Crippen LogP contribution in [0.15, 0.2) is 48.6 Å². The molecule has 5 nitrogen and oxygen atoms in total. The molecule has 0 aromatic rings. The van der Waals surface area contributed by atoms with E-state index in [0.717, 1.165) is 51.4 Å². The Morgan fingerprint density at radius 3 is 0.824 bits per heavy atom. The summed E-state index contributed by atoms with van der Waals surface area (Å²) in [6.07, 6.45) is 87.0. The maximum atomic E-state index is 12.3. The van der Waals surface area contributed by atoms with E-state index in [-0.39, 0.29) is 25.2 Å². The quantitative estimate of drug-likeness (QED) is 0.0373. The monoisotopic (exact) mass is 1040 g/mol. The van der Waals surface area contributed by atoms with Crippen LogP contribution in [-0.2, 0) is 19.1 Å². The standard InChI is InChI=1S/C69H128O5/c1-3-5-7-9-11-13-15-17-19-21-23-25-27-29-31-33-34-36-37-39-41-43-45-47-49-51-53-55-57-59-61-63-68(71)73-66-67(65-70)74-69(72)64-62-60-58-56-54-52-50-48-46-44-42-40-38-35-32-30-28-26-24-22-20-18-16-14-12-10-8-6-4-2/h16,18,21-24,28,30,67,70H,3-15,17,19-20,25-27,29,31-66H2,1-2H3/b18-16-,23-21-,24-22-,30-28-. The number of allylic oxidation sites excluding steroid dienone is 8. The second-order valence-electron chi connectivity index (χ2n) is 22.5. The number of aliphatic hydroxyl groups is 1. The van der Waals surface area contributed by atoms with Crippen LogP contribution in [0.5, 0.6) is 0 Å². The molecular formula is C69H128O5. The molecule has 0 heterocycles. The zero-order valence-corrected chi connectivity index (χ0v) is 49.9. The highest BCUT2D eigenvalue weighted by Crippen LogP contribution is 2.18. The van der Waals surface area contributed by atoms with Gasteiger partial charge in [0.25, 0.3) is 0 Å². The number of esters is 2. The molecule has 0 saturated heterocycles. The van der Waals surface area contributed by atoms with E-state index in [2.05, 4.69) is 62.5 Å². The van der Waals surface area contributed by atoms with Crippen molar-refractivity contribution in [1.29, 1.82) is 0 Å². The molecule has 0 saturated carbocycles. The molecule has 1 atom stereocenters. The van der Waals surface area contributed by atoms with Gasteiger partial charge >= 0.3 is 11.9 Å². The lowest BCUT2D eigenvalue weighted by Gasteiger charge is -2.15. The van der Waals surface area contributed by atoms with E-state index in [1.165, 1.54) is 283 Å². The fraction of sp³-hybridized carbons (Fsp3) is 0.855. The maximum absolute atomic E-state index is 12.3. The number of rotatable bonds is 62. The zero-order chi connectivity index (χ0) is 53.4. The van der Waals surface area contributed by atoms with Gasteiger partial charge in [-0.1, -0.05) is 319 Å². The van der Waals surface area contributed by atoms with E-state index in [0.29, 0.717) is 12.8 Å². The first-order valence-electron chi connectivity index (χ1n) is 33.2. The highest BCUT2D eigenvalue weighted by Gasteiger charge is 2.16. The molecule has 0 spiro atoms. The molecule has 0 aromatic heterocycles. The van der Waals surface area contributed by atoms with Crippen LogP contribution in [-0.4, -0.2) is 36.4 Å². The third-order valence-electron chi connectivity index (χ3n) is 15.1. The van der Waals surface area contributed by atoms with Gasteiger partial charge in [0, 0.05) is 12.8 Å². The van der Waals surface area contributed by atoms with Crippen molar-refractivity contribution in [1.82, 2.24) is 0 Å². The predicted octanol–water partition coefficient (Wildman–Crippen LogP) is 22.8. The number of aliphatic hydroxyl groups excluding tert-OH is 1. The Labute approximate surface area is 462 Å². The summed E-state index contributed by atoms with van der Waals surface area (Å²) >= 11 is 0. The van der Waals surface area contributed by atoms with Gasteiger partial charge in [0.05, 0.1) is 6.61 Å². The van der Waals surface area contributed by atoms with Crippen LogP contribution in [0.4, 0.5) is 0 Å². The maximum Gasteiger partial charge on any atom is 0.306 e. The fourth-order valence-electron chi connectivity index (χ4n) is 10.1. The first kappa shape index (κ1) is 71.9.